The number of phenolic OH excluding ortho intramolecular Hbond substituents is 1. The van der Waals surface area contributed by atoms with Crippen LogP contribution >= 0.6 is 0 Å². The van der Waals surface area contributed by atoms with Crippen LogP contribution in [0.25, 0.3) is 11.3 Å². The molecule has 2 heterocycles. The number of nitrogens with zero attached hydrogens (tertiary/aromatic N) is 2. The highest BCUT2D eigenvalue weighted by molar-refractivity contribution is 5.67. The third-order valence-electron chi connectivity index (χ3n) is 4.46. The average Bonchev–Trinajstić information content (AvgIpc) is 2.62. The lowest BCUT2D eigenvalue weighted by Gasteiger charge is -2.29. The quantitative estimate of drug-likeness (QED) is 0.800. The lowest BCUT2D eigenvalue weighted by molar-refractivity contribution is -0.137. The highest BCUT2D eigenvalue weighted by Crippen LogP contribution is 2.40. The number of aromatic nitrogens is 2. The summed E-state index contributed by atoms with van der Waals surface area (Å²) in [6, 6.07) is 4.71. The second kappa shape index (κ2) is 6.79. The molecule has 140 valence electrons. The number of hydrogen-bond donors (Lipinski definition) is 2. The van der Waals surface area contributed by atoms with Crippen LogP contribution in [0.1, 0.15) is 24.1 Å². The van der Waals surface area contributed by atoms with Crippen molar-refractivity contribution in [2.45, 2.75) is 24.9 Å². The van der Waals surface area contributed by atoms with Gasteiger partial charge in [0.25, 0.3) is 5.92 Å². The van der Waals surface area contributed by atoms with E-state index in [1.807, 2.05) is 0 Å². The maximum Gasteiger partial charge on any atom is 0.416 e. The number of aromatic hydroxyl groups is 1. The number of alkyl halides is 5. The van der Waals surface area contributed by atoms with Crippen LogP contribution in [-0.2, 0) is 12.1 Å². The average molecular weight is 373 g/mol. The van der Waals surface area contributed by atoms with Crippen molar-refractivity contribution in [3.05, 3.63) is 41.6 Å². The Labute approximate surface area is 146 Å². The summed E-state index contributed by atoms with van der Waals surface area (Å²) in [6.07, 6.45) is -3.96. The summed E-state index contributed by atoms with van der Waals surface area (Å²) >= 11 is 0. The summed E-state index contributed by atoms with van der Waals surface area (Å²) in [4.78, 5) is 0. The van der Waals surface area contributed by atoms with Crippen LogP contribution < -0.4 is 5.32 Å². The van der Waals surface area contributed by atoms with E-state index in [1.165, 1.54) is 6.07 Å². The van der Waals surface area contributed by atoms with E-state index in [0.29, 0.717) is 32.0 Å². The number of nitrogens with one attached hydrogen (secondary N) is 1. The molecule has 9 heteroatoms. The van der Waals surface area contributed by atoms with E-state index >= 15 is 0 Å². The Hall–Kier alpha value is -2.29. The number of piperidine rings is 1. The van der Waals surface area contributed by atoms with Gasteiger partial charge in [0.1, 0.15) is 11.4 Å². The molecule has 3 rings (SSSR count). The lowest BCUT2D eigenvalue weighted by atomic mass is 9.89. The van der Waals surface area contributed by atoms with Gasteiger partial charge in [-0.05, 0) is 56.3 Å². The number of phenols is 1. The highest BCUT2D eigenvalue weighted by atomic mass is 19.4. The van der Waals surface area contributed by atoms with Crippen LogP contribution in [-0.4, -0.2) is 28.4 Å². The molecular weight excluding hydrogens is 357 g/mol. The summed E-state index contributed by atoms with van der Waals surface area (Å²) in [6.45, 7) is 1.01. The van der Waals surface area contributed by atoms with Gasteiger partial charge in [-0.15, -0.1) is 10.2 Å². The molecule has 2 aromatic rings. The van der Waals surface area contributed by atoms with Crippen LogP contribution in [0.15, 0.2) is 30.3 Å². The fourth-order valence-electron chi connectivity index (χ4n) is 2.97. The second-order valence-electron chi connectivity index (χ2n) is 6.18. The molecule has 0 amide bonds. The summed E-state index contributed by atoms with van der Waals surface area (Å²) in [5.74, 6) is -4.63. The Balaban J connectivity index is 1.86. The first-order valence-corrected chi connectivity index (χ1v) is 8.03. The van der Waals surface area contributed by atoms with Crippen molar-refractivity contribution in [2.75, 3.05) is 13.1 Å². The van der Waals surface area contributed by atoms with Crippen LogP contribution in [0.3, 0.4) is 0 Å². The molecule has 1 aliphatic rings. The van der Waals surface area contributed by atoms with Crippen molar-refractivity contribution in [1.29, 1.82) is 0 Å². The zero-order chi connectivity index (χ0) is 18.9. The fraction of sp³-hybridized carbons (Fsp3) is 0.412. The smallest absolute Gasteiger partial charge is 0.416 e. The van der Waals surface area contributed by atoms with Gasteiger partial charge in [-0.3, -0.25) is 0 Å². The Kier molecular flexibility index (Phi) is 4.83. The van der Waals surface area contributed by atoms with Gasteiger partial charge in [0.2, 0.25) is 0 Å². The maximum atomic E-state index is 14.5. The van der Waals surface area contributed by atoms with Gasteiger partial charge < -0.3 is 10.4 Å². The Bertz CT molecular complexity index is 771. The minimum absolute atomic E-state index is 0.0118. The number of rotatable bonds is 3. The summed E-state index contributed by atoms with van der Waals surface area (Å²) in [7, 11) is 0. The van der Waals surface area contributed by atoms with Gasteiger partial charge in [-0.2, -0.15) is 22.0 Å². The van der Waals surface area contributed by atoms with Crippen molar-refractivity contribution in [3.63, 3.8) is 0 Å². The molecule has 1 saturated heterocycles. The minimum Gasteiger partial charge on any atom is -0.507 e. The summed E-state index contributed by atoms with van der Waals surface area (Å²) < 4.78 is 67.0. The van der Waals surface area contributed by atoms with Crippen molar-refractivity contribution < 1.29 is 27.1 Å². The Morgan fingerprint density at radius 2 is 1.65 bits per heavy atom. The van der Waals surface area contributed by atoms with Crippen molar-refractivity contribution in [1.82, 2.24) is 15.5 Å². The molecule has 1 aliphatic heterocycles. The van der Waals surface area contributed by atoms with Gasteiger partial charge in [0, 0.05) is 11.5 Å². The fourth-order valence-corrected chi connectivity index (χ4v) is 2.97. The van der Waals surface area contributed by atoms with Gasteiger partial charge in [-0.25, -0.2) is 0 Å². The summed E-state index contributed by atoms with van der Waals surface area (Å²) in [5, 5.41) is 20.1. The topological polar surface area (TPSA) is 58.0 Å². The molecule has 1 fully saturated rings. The molecule has 0 aliphatic carbocycles. The molecule has 2 N–H and O–H groups in total. The van der Waals surface area contributed by atoms with Crippen LogP contribution in [0.5, 0.6) is 5.75 Å². The first kappa shape index (κ1) is 18.5. The van der Waals surface area contributed by atoms with E-state index < -0.39 is 35.0 Å². The van der Waals surface area contributed by atoms with E-state index in [4.69, 9.17) is 0 Å². The van der Waals surface area contributed by atoms with Gasteiger partial charge >= 0.3 is 6.18 Å². The van der Waals surface area contributed by atoms with E-state index in [0.717, 1.165) is 18.2 Å². The Morgan fingerprint density at radius 1 is 0.962 bits per heavy atom. The van der Waals surface area contributed by atoms with E-state index in [-0.39, 0.29) is 11.3 Å². The number of benzene rings is 1. The normalized spacial score (nSPS) is 16.7. The molecule has 0 unspecified atom stereocenters. The van der Waals surface area contributed by atoms with Crippen molar-refractivity contribution in [3.8, 4) is 17.0 Å². The first-order chi connectivity index (χ1) is 12.2. The molecule has 26 heavy (non-hydrogen) atoms. The minimum atomic E-state index is -4.59. The third-order valence-corrected chi connectivity index (χ3v) is 4.46. The third kappa shape index (κ3) is 3.62. The molecule has 0 bridgehead atoms. The molecule has 0 atom stereocenters. The Morgan fingerprint density at radius 3 is 2.19 bits per heavy atom. The molecule has 0 spiro atoms. The van der Waals surface area contributed by atoms with E-state index in [1.54, 1.807) is 0 Å². The van der Waals surface area contributed by atoms with Crippen LogP contribution in [0.4, 0.5) is 22.0 Å². The maximum absolute atomic E-state index is 14.5. The van der Waals surface area contributed by atoms with Gasteiger partial charge in [-0.1, -0.05) is 0 Å². The lowest BCUT2D eigenvalue weighted by Crippen LogP contribution is -2.37. The number of hydrogen-bond acceptors (Lipinski definition) is 4. The largest absolute Gasteiger partial charge is 0.507 e. The molecule has 4 nitrogen and oxygen atoms in total. The molecular formula is C17H16F5N3O. The van der Waals surface area contributed by atoms with E-state index in [2.05, 4.69) is 15.5 Å². The van der Waals surface area contributed by atoms with Gasteiger partial charge in [0.15, 0.2) is 0 Å². The van der Waals surface area contributed by atoms with Gasteiger partial charge in [0.05, 0.1) is 11.3 Å². The van der Waals surface area contributed by atoms with Crippen molar-refractivity contribution >= 4 is 0 Å². The van der Waals surface area contributed by atoms with Crippen LogP contribution in [0.2, 0.25) is 0 Å². The second-order valence-corrected chi connectivity index (χ2v) is 6.18. The number of halogens is 5. The molecule has 0 radical (unpaired) electrons. The molecule has 0 saturated carbocycles. The van der Waals surface area contributed by atoms with Crippen molar-refractivity contribution in [2.24, 2.45) is 5.92 Å². The monoisotopic (exact) mass is 373 g/mol. The summed E-state index contributed by atoms with van der Waals surface area (Å²) in [5.41, 5.74) is -1.50. The predicted molar refractivity (Wildman–Crippen MR) is 83.6 cm³/mol. The predicted octanol–water partition coefficient (Wildman–Crippen LogP) is 3.96. The van der Waals surface area contributed by atoms with E-state index in [9.17, 15) is 27.1 Å². The standard InChI is InChI=1S/C17H16F5N3O/c18-16(19,10-5-7-23-8-6-10)15-4-3-13(24-25-15)12-2-1-11(9-14(12)26)17(20,21)22/h1-4,9-10,23,26H,5-8H2. The molecule has 1 aromatic carbocycles. The molecule has 1 aromatic heterocycles. The SMILES string of the molecule is Oc1cc(C(F)(F)F)ccc1-c1ccc(C(F)(F)C2CCNCC2)nn1. The van der Waals surface area contributed by atoms with Crippen LogP contribution in [0, 0.1) is 5.92 Å². The first-order valence-electron chi connectivity index (χ1n) is 8.03. The zero-order valence-corrected chi connectivity index (χ0v) is 13.5. The zero-order valence-electron chi connectivity index (χ0n) is 13.5. The highest BCUT2D eigenvalue weighted by Gasteiger charge is 2.43.